The third kappa shape index (κ3) is 2.70. The van der Waals surface area contributed by atoms with Crippen LogP contribution in [0, 0.1) is 0 Å². The molecule has 0 atom stereocenters. The Hall–Kier alpha value is -2.04. The molecule has 0 saturated carbocycles. The van der Waals surface area contributed by atoms with Gasteiger partial charge in [-0.2, -0.15) is 0 Å². The quantitative estimate of drug-likeness (QED) is 0.727. The normalized spacial score (nSPS) is 11.9. The summed E-state index contributed by atoms with van der Waals surface area (Å²) in [6.07, 6.45) is 3.31. The van der Waals surface area contributed by atoms with Crippen molar-refractivity contribution in [1.82, 2.24) is 4.68 Å². The second kappa shape index (κ2) is 4.45. The van der Waals surface area contributed by atoms with E-state index >= 15 is 0 Å². The molecular weight excluding hydrogens is 196 g/mol. The fourth-order valence-electron chi connectivity index (χ4n) is 0.941. The number of carbonyl (C=O) groups excluding carboxylic acids is 1. The minimum Gasteiger partial charge on any atom is -0.478 e. The Labute approximate surface area is 87.0 Å². The Morgan fingerprint density at radius 2 is 1.67 bits per heavy atom. The zero-order valence-electron chi connectivity index (χ0n) is 8.52. The van der Waals surface area contributed by atoms with E-state index in [0.29, 0.717) is 0 Å². The lowest BCUT2D eigenvalue weighted by molar-refractivity contribution is -0.133. The van der Waals surface area contributed by atoms with Crippen molar-refractivity contribution in [2.24, 2.45) is 0 Å². The molecule has 0 aromatic carbocycles. The van der Waals surface area contributed by atoms with Gasteiger partial charge in [0.25, 0.3) is 5.91 Å². The number of aliphatic carboxylic acids is 1. The minimum atomic E-state index is -1.09. The summed E-state index contributed by atoms with van der Waals surface area (Å²) in [6, 6.07) is 3.51. The molecule has 1 aromatic heterocycles. The van der Waals surface area contributed by atoms with Gasteiger partial charge in [0.1, 0.15) is 0 Å². The second-order valence-electron chi connectivity index (χ2n) is 3.09. The van der Waals surface area contributed by atoms with Crippen molar-refractivity contribution in [3.8, 4) is 0 Å². The van der Waals surface area contributed by atoms with Crippen LogP contribution in [0.4, 0.5) is 0 Å². The Balaban J connectivity index is 2.78. The minimum absolute atomic E-state index is 0.0413. The highest BCUT2D eigenvalue weighted by Crippen LogP contribution is 2.04. The number of carboxylic acid groups (broad SMARTS) is 1. The van der Waals surface area contributed by atoms with Crippen molar-refractivity contribution in [2.45, 2.75) is 13.8 Å². The Morgan fingerprint density at radius 3 is 2.13 bits per heavy atom. The Bertz CT molecular complexity index is 404. The molecule has 0 aliphatic rings. The lowest BCUT2D eigenvalue weighted by Gasteiger charge is -2.07. The number of hydrogen-bond acceptors (Lipinski definition) is 2. The van der Waals surface area contributed by atoms with Crippen molar-refractivity contribution < 1.29 is 14.7 Å². The molecule has 1 rings (SSSR count). The largest absolute Gasteiger partial charge is 0.478 e. The van der Waals surface area contributed by atoms with E-state index in [1.54, 1.807) is 24.5 Å². The number of amides is 1. The third-order valence-corrected chi connectivity index (χ3v) is 2.06. The highest BCUT2D eigenvalue weighted by atomic mass is 16.4. The lowest BCUT2D eigenvalue weighted by Crippen LogP contribution is -2.23. The first-order valence-electron chi connectivity index (χ1n) is 4.37. The van der Waals surface area contributed by atoms with Gasteiger partial charge in [-0.3, -0.25) is 14.9 Å². The smallest absolute Gasteiger partial charge is 0.331 e. The van der Waals surface area contributed by atoms with Crippen LogP contribution >= 0.6 is 0 Å². The molecule has 0 radical (unpaired) electrons. The number of aromatic nitrogens is 1. The highest BCUT2D eigenvalue weighted by molar-refractivity contribution is 6.05. The summed E-state index contributed by atoms with van der Waals surface area (Å²) >= 11 is 0. The first kappa shape index (κ1) is 11.0. The first-order chi connectivity index (χ1) is 7.02. The summed E-state index contributed by atoms with van der Waals surface area (Å²) in [4.78, 5) is 22.1. The van der Waals surface area contributed by atoms with E-state index < -0.39 is 11.9 Å². The van der Waals surface area contributed by atoms with Crippen molar-refractivity contribution in [1.29, 1.82) is 0 Å². The number of carbonyl (C=O) groups is 2. The predicted octanol–water partition coefficient (Wildman–Crippen LogP) is 0.979. The van der Waals surface area contributed by atoms with E-state index in [4.69, 9.17) is 5.11 Å². The molecule has 15 heavy (non-hydrogen) atoms. The highest BCUT2D eigenvalue weighted by Gasteiger charge is 2.12. The molecule has 1 amide bonds. The SMILES string of the molecule is CC(C(=O)O)=C(C)C(=O)Nn1cccc1. The number of hydrogen-bond donors (Lipinski definition) is 2. The Kier molecular flexibility index (Phi) is 3.28. The molecule has 0 aliphatic carbocycles. The molecule has 5 nitrogen and oxygen atoms in total. The molecule has 2 N–H and O–H groups in total. The van der Waals surface area contributed by atoms with Gasteiger partial charge < -0.3 is 5.11 Å². The zero-order valence-corrected chi connectivity index (χ0v) is 8.52. The van der Waals surface area contributed by atoms with E-state index in [-0.39, 0.29) is 11.1 Å². The average Bonchev–Trinajstić information content (AvgIpc) is 2.67. The number of nitrogens with zero attached hydrogens (tertiary/aromatic N) is 1. The van der Waals surface area contributed by atoms with Gasteiger partial charge in [-0.05, 0) is 26.0 Å². The van der Waals surface area contributed by atoms with Crippen LogP contribution in [0.15, 0.2) is 35.7 Å². The molecule has 0 spiro atoms. The molecule has 5 heteroatoms. The van der Waals surface area contributed by atoms with Gasteiger partial charge in [0.2, 0.25) is 0 Å². The summed E-state index contributed by atoms with van der Waals surface area (Å²) in [6.45, 7) is 2.87. The predicted molar refractivity (Wildman–Crippen MR) is 54.8 cm³/mol. The van der Waals surface area contributed by atoms with Crippen LogP contribution < -0.4 is 5.43 Å². The number of rotatable bonds is 3. The topological polar surface area (TPSA) is 71.3 Å². The molecular formula is C10H12N2O3. The summed E-state index contributed by atoms with van der Waals surface area (Å²) in [5, 5.41) is 8.68. The average molecular weight is 208 g/mol. The van der Waals surface area contributed by atoms with Gasteiger partial charge in [-0.1, -0.05) is 0 Å². The summed E-state index contributed by atoms with van der Waals surface area (Å²) in [5.41, 5.74) is 2.75. The zero-order chi connectivity index (χ0) is 11.4. The fraction of sp³-hybridized carbons (Fsp3) is 0.200. The van der Waals surface area contributed by atoms with E-state index in [1.165, 1.54) is 18.5 Å². The maximum absolute atomic E-state index is 11.5. The summed E-state index contributed by atoms with van der Waals surface area (Å²) in [7, 11) is 0. The van der Waals surface area contributed by atoms with Gasteiger partial charge in [0.15, 0.2) is 0 Å². The molecule has 0 unspecified atom stereocenters. The first-order valence-corrected chi connectivity index (χ1v) is 4.37. The third-order valence-electron chi connectivity index (χ3n) is 2.06. The molecule has 0 fully saturated rings. The maximum atomic E-state index is 11.5. The second-order valence-corrected chi connectivity index (χ2v) is 3.09. The van der Waals surface area contributed by atoms with Gasteiger partial charge >= 0.3 is 5.97 Å². The van der Waals surface area contributed by atoms with E-state index in [1.807, 2.05) is 0 Å². The fourth-order valence-corrected chi connectivity index (χ4v) is 0.941. The van der Waals surface area contributed by atoms with Crippen LogP contribution in [0.3, 0.4) is 0 Å². The molecule has 0 aliphatic heterocycles. The van der Waals surface area contributed by atoms with Crippen molar-refractivity contribution in [3.05, 3.63) is 35.7 Å². The van der Waals surface area contributed by atoms with E-state index in [2.05, 4.69) is 5.43 Å². The van der Waals surface area contributed by atoms with Crippen molar-refractivity contribution in [3.63, 3.8) is 0 Å². The molecule has 1 aromatic rings. The van der Waals surface area contributed by atoms with Gasteiger partial charge in [0.05, 0.1) is 0 Å². The summed E-state index contributed by atoms with van der Waals surface area (Å²) < 4.78 is 1.46. The van der Waals surface area contributed by atoms with Crippen LogP contribution in [-0.4, -0.2) is 21.7 Å². The molecule has 80 valence electrons. The lowest BCUT2D eigenvalue weighted by atomic mass is 10.1. The van der Waals surface area contributed by atoms with Crippen molar-refractivity contribution in [2.75, 3.05) is 5.43 Å². The standard InChI is InChI=1S/C10H12N2O3/c1-7(8(2)10(14)15)9(13)11-12-5-3-4-6-12/h3-6H,1-2H3,(H,11,13)(H,14,15). The monoisotopic (exact) mass is 208 g/mol. The maximum Gasteiger partial charge on any atom is 0.331 e. The van der Waals surface area contributed by atoms with Gasteiger partial charge in [-0.25, -0.2) is 4.79 Å². The van der Waals surface area contributed by atoms with Crippen molar-refractivity contribution >= 4 is 11.9 Å². The van der Waals surface area contributed by atoms with E-state index in [0.717, 1.165) is 0 Å². The van der Waals surface area contributed by atoms with Gasteiger partial charge in [0, 0.05) is 23.5 Å². The van der Waals surface area contributed by atoms with Gasteiger partial charge in [-0.15, -0.1) is 0 Å². The van der Waals surface area contributed by atoms with Crippen LogP contribution in [0.25, 0.3) is 0 Å². The van der Waals surface area contributed by atoms with Crippen LogP contribution in [0.2, 0.25) is 0 Å². The molecule has 0 saturated heterocycles. The summed E-state index contributed by atoms with van der Waals surface area (Å²) in [5.74, 6) is -1.51. The Morgan fingerprint density at radius 1 is 1.13 bits per heavy atom. The molecule has 1 heterocycles. The molecule has 0 bridgehead atoms. The van der Waals surface area contributed by atoms with Crippen LogP contribution in [-0.2, 0) is 9.59 Å². The number of carboxylic acids is 1. The van der Waals surface area contributed by atoms with Crippen LogP contribution in [0.1, 0.15) is 13.8 Å². The van der Waals surface area contributed by atoms with Crippen LogP contribution in [0.5, 0.6) is 0 Å². The number of nitrogens with one attached hydrogen (secondary N) is 1. The van der Waals surface area contributed by atoms with E-state index in [9.17, 15) is 9.59 Å².